The summed E-state index contributed by atoms with van der Waals surface area (Å²) in [4.78, 5) is 25.9. The average Bonchev–Trinajstić information content (AvgIpc) is 2.86. The molecule has 36 heavy (non-hydrogen) atoms. The molecule has 0 radical (unpaired) electrons. The first-order chi connectivity index (χ1) is 17.3. The number of carbonyl (C=O) groups is 2. The van der Waals surface area contributed by atoms with E-state index in [-0.39, 0.29) is 23.2 Å². The number of ketones is 1. The van der Waals surface area contributed by atoms with E-state index >= 15 is 0 Å². The van der Waals surface area contributed by atoms with Gasteiger partial charge in [0, 0.05) is 29.7 Å². The Labute approximate surface area is 212 Å². The van der Waals surface area contributed by atoms with Gasteiger partial charge in [0.25, 0.3) is 0 Å². The van der Waals surface area contributed by atoms with Crippen molar-refractivity contribution < 1.29 is 19.1 Å². The fourth-order valence-electron chi connectivity index (χ4n) is 5.53. The topological polar surface area (TPSA) is 64.6 Å². The predicted molar refractivity (Wildman–Crippen MR) is 143 cm³/mol. The first kappa shape index (κ1) is 24.1. The van der Waals surface area contributed by atoms with Crippen molar-refractivity contribution in [2.75, 3.05) is 12.4 Å². The summed E-state index contributed by atoms with van der Waals surface area (Å²) in [5.41, 5.74) is 4.90. The van der Waals surface area contributed by atoms with E-state index in [1.807, 2.05) is 25.1 Å². The van der Waals surface area contributed by atoms with E-state index in [0.29, 0.717) is 24.3 Å². The highest BCUT2D eigenvalue weighted by atomic mass is 16.6. The quantitative estimate of drug-likeness (QED) is 0.295. The van der Waals surface area contributed by atoms with Crippen LogP contribution in [0.4, 0.5) is 5.69 Å². The summed E-state index contributed by atoms with van der Waals surface area (Å²) < 4.78 is 11.2. The van der Waals surface area contributed by atoms with Crippen LogP contribution in [-0.4, -0.2) is 18.9 Å². The van der Waals surface area contributed by atoms with E-state index in [2.05, 4.69) is 49.5 Å². The van der Waals surface area contributed by atoms with Gasteiger partial charge in [0.05, 0.1) is 13.2 Å². The third kappa shape index (κ3) is 4.39. The summed E-state index contributed by atoms with van der Waals surface area (Å²) in [5.74, 6) is 0.782. The Balaban J connectivity index is 1.61. The molecular weight excluding hydrogens is 450 g/mol. The van der Waals surface area contributed by atoms with E-state index in [1.165, 1.54) is 0 Å². The van der Waals surface area contributed by atoms with Gasteiger partial charge in [-0.3, -0.25) is 9.59 Å². The van der Waals surface area contributed by atoms with Gasteiger partial charge < -0.3 is 14.8 Å². The molecule has 1 aliphatic carbocycles. The molecule has 0 amide bonds. The Bertz CT molecular complexity index is 1380. The molecule has 1 atom stereocenters. The molecule has 0 bridgehead atoms. The molecule has 1 aliphatic heterocycles. The number of ether oxygens (including phenoxy) is 2. The molecule has 2 aliphatic rings. The minimum atomic E-state index is -0.309. The smallest absolute Gasteiger partial charge is 0.311 e. The maximum Gasteiger partial charge on any atom is 0.311 e. The van der Waals surface area contributed by atoms with Crippen molar-refractivity contribution in [3.05, 3.63) is 71.3 Å². The molecule has 0 aromatic heterocycles. The molecule has 186 valence electrons. The number of rotatable bonds is 6. The highest BCUT2D eigenvalue weighted by molar-refractivity contribution is 6.12. The molecule has 0 spiro atoms. The lowest BCUT2D eigenvalue weighted by Gasteiger charge is -2.40. The van der Waals surface area contributed by atoms with Gasteiger partial charge in [0.2, 0.25) is 0 Å². The third-order valence-electron chi connectivity index (χ3n) is 7.22. The standard InChI is InChI=1S/C31H33NO4/c1-5-6-11-27(34)36-25-15-13-20(16-26(25)35-4)30-29-22(17-31(2,3)18-24(29)33)28-21-10-8-7-9-19(21)12-14-23(28)32-30/h7-10,12-16,30,32H,5-6,11,17-18H2,1-4H3/t30-/m1/s1. The Morgan fingerprint density at radius 2 is 1.86 bits per heavy atom. The minimum Gasteiger partial charge on any atom is -0.493 e. The zero-order chi connectivity index (χ0) is 25.4. The SMILES string of the molecule is CCCCC(=O)Oc1ccc([C@H]2Nc3ccc4ccccc4c3C3=C2C(=O)CC(C)(C)C3)cc1OC. The van der Waals surface area contributed by atoms with E-state index in [9.17, 15) is 9.59 Å². The van der Waals surface area contributed by atoms with Crippen molar-refractivity contribution in [3.63, 3.8) is 0 Å². The van der Waals surface area contributed by atoms with Crippen LogP contribution in [0.5, 0.6) is 11.5 Å². The summed E-state index contributed by atoms with van der Waals surface area (Å²) in [6, 6.07) is 17.8. The molecule has 0 unspecified atom stereocenters. The zero-order valence-corrected chi connectivity index (χ0v) is 21.4. The largest absolute Gasteiger partial charge is 0.493 e. The molecule has 1 N–H and O–H groups in total. The monoisotopic (exact) mass is 483 g/mol. The van der Waals surface area contributed by atoms with Crippen molar-refractivity contribution in [2.45, 2.75) is 58.9 Å². The number of carbonyl (C=O) groups excluding carboxylic acids is 2. The molecule has 0 saturated heterocycles. The molecule has 0 saturated carbocycles. The van der Waals surface area contributed by atoms with E-state index < -0.39 is 0 Å². The lowest BCUT2D eigenvalue weighted by Crippen LogP contribution is -2.33. The second-order valence-electron chi connectivity index (χ2n) is 10.6. The maximum absolute atomic E-state index is 13.6. The number of benzene rings is 3. The lowest BCUT2D eigenvalue weighted by molar-refractivity contribution is -0.134. The third-order valence-corrected chi connectivity index (χ3v) is 7.22. The molecular formula is C31H33NO4. The van der Waals surface area contributed by atoms with E-state index in [1.54, 1.807) is 13.2 Å². The summed E-state index contributed by atoms with van der Waals surface area (Å²) in [5, 5.41) is 5.98. The highest BCUT2D eigenvalue weighted by Crippen LogP contribution is 2.52. The van der Waals surface area contributed by atoms with E-state index in [0.717, 1.165) is 58.0 Å². The number of methoxy groups -OCH3 is 1. The van der Waals surface area contributed by atoms with Crippen molar-refractivity contribution in [2.24, 2.45) is 5.41 Å². The summed E-state index contributed by atoms with van der Waals surface area (Å²) in [7, 11) is 1.57. The van der Waals surface area contributed by atoms with Crippen molar-refractivity contribution >= 4 is 33.8 Å². The fraction of sp³-hybridized carbons (Fsp3) is 0.355. The molecule has 0 fully saturated rings. The lowest BCUT2D eigenvalue weighted by atomic mass is 9.68. The van der Waals surface area contributed by atoms with Gasteiger partial charge in [-0.05, 0) is 58.4 Å². The maximum atomic E-state index is 13.6. The van der Waals surface area contributed by atoms with Crippen LogP contribution < -0.4 is 14.8 Å². The zero-order valence-electron chi connectivity index (χ0n) is 21.4. The Morgan fingerprint density at radius 1 is 1.06 bits per heavy atom. The second-order valence-corrected chi connectivity index (χ2v) is 10.6. The van der Waals surface area contributed by atoms with Crippen LogP contribution in [0.15, 0.2) is 60.2 Å². The van der Waals surface area contributed by atoms with Crippen molar-refractivity contribution in [3.8, 4) is 11.5 Å². The van der Waals surface area contributed by atoms with Crippen molar-refractivity contribution in [1.82, 2.24) is 0 Å². The van der Waals surface area contributed by atoms with Gasteiger partial charge in [-0.1, -0.05) is 63.6 Å². The summed E-state index contributed by atoms with van der Waals surface area (Å²) in [6.07, 6.45) is 3.43. The number of allylic oxidation sites excluding steroid dienone is 1. The fourth-order valence-corrected chi connectivity index (χ4v) is 5.53. The number of fused-ring (bicyclic) bond motifs is 4. The second kappa shape index (κ2) is 9.45. The van der Waals surface area contributed by atoms with Gasteiger partial charge in [-0.2, -0.15) is 0 Å². The van der Waals surface area contributed by atoms with Gasteiger partial charge >= 0.3 is 5.97 Å². The van der Waals surface area contributed by atoms with Crippen LogP contribution in [0.25, 0.3) is 16.3 Å². The Kier molecular flexibility index (Phi) is 6.33. The molecule has 1 heterocycles. The van der Waals surface area contributed by atoms with Crippen LogP contribution in [0.2, 0.25) is 0 Å². The van der Waals surface area contributed by atoms with Gasteiger partial charge in [-0.15, -0.1) is 0 Å². The van der Waals surface area contributed by atoms with Crippen LogP contribution in [0, 0.1) is 5.41 Å². The van der Waals surface area contributed by atoms with Crippen LogP contribution in [0.3, 0.4) is 0 Å². The number of Topliss-reactive ketones (excluding diaryl/α,β-unsaturated/α-hetero) is 1. The van der Waals surface area contributed by atoms with Crippen molar-refractivity contribution in [1.29, 1.82) is 0 Å². The number of anilines is 1. The van der Waals surface area contributed by atoms with Crippen LogP contribution >= 0.6 is 0 Å². The highest BCUT2D eigenvalue weighted by Gasteiger charge is 2.41. The number of hydrogen-bond donors (Lipinski definition) is 1. The molecule has 3 aromatic carbocycles. The molecule has 5 rings (SSSR count). The number of esters is 1. The number of nitrogens with one attached hydrogen (secondary N) is 1. The van der Waals surface area contributed by atoms with Gasteiger partial charge in [-0.25, -0.2) is 0 Å². The first-order valence-electron chi connectivity index (χ1n) is 12.7. The molecule has 5 heteroatoms. The predicted octanol–water partition coefficient (Wildman–Crippen LogP) is 7.25. The minimum absolute atomic E-state index is 0.111. The average molecular weight is 484 g/mol. The van der Waals surface area contributed by atoms with Crippen LogP contribution in [-0.2, 0) is 9.59 Å². The summed E-state index contributed by atoms with van der Waals surface area (Å²) in [6.45, 7) is 6.37. The number of hydrogen-bond acceptors (Lipinski definition) is 5. The summed E-state index contributed by atoms with van der Waals surface area (Å²) >= 11 is 0. The Morgan fingerprint density at radius 3 is 2.64 bits per heavy atom. The molecule has 5 nitrogen and oxygen atoms in total. The van der Waals surface area contributed by atoms with Gasteiger partial charge in [0.15, 0.2) is 17.3 Å². The van der Waals surface area contributed by atoms with E-state index in [4.69, 9.17) is 9.47 Å². The van der Waals surface area contributed by atoms with Crippen LogP contribution in [0.1, 0.15) is 70.0 Å². The number of unbranched alkanes of at least 4 members (excludes halogenated alkanes) is 1. The first-order valence-corrected chi connectivity index (χ1v) is 12.7. The molecule has 3 aromatic rings. The normalized spacial score (nSPS) is 18.3. The van der Waals surface area contributed by atoms with Gasteiger partial charge in [0.1, 0.15) is 0 Å². The Hall–Kier alpha value is -3.60.